The van der Waals surface area contributed by atoms with E-state index >= 15 is 0 Å². The quantitative estimate of drug-likeness (QED) is 0.732. The smallest absolute Gasteiger partial charge is 0.228 e. The van der Waals surface area contributed by atoms with Crippen molar-refractivity contribution in [3.05, 3.63) is 11.8 Å². The maximum Gasteiger partial charge on any atom is 0.228 e. The number of aryl methyl sites for hydroxylation is 2. The lowest BCUT2D eigenvalue weighted by Crippen LogP contribution is -2.38. The second-order valence-corrected chi connectivity index (χ2v) is 6.39. The topological polar surface area (TPSA) is 76.5 Å². The van der Waals surface area contributed by atoms with E-state index in [1.807, 2.05) is 31.5 Å². The average Bonchev–Trinajstić information content (AvgIpc) is 2.91. The molecule has 0 aromatic carbocycles. The molecule has 0 radical (unpaired) electrons. The van der Waals surface area contributed by atoms with Crippen LogP contribution in [0.25, 0.3) is 0 Å². The van der Waals surface area contributed by atoms with Gasteiger partial charge in [-0.05, 0) is 33.6 Å². The molecule has 0 unspecified atom stereocenters. The average molecular weight is 336 g/mol. The highest BCUT2D eigenvalue weighted by Gasteiger charge is 2.24. The summed E-state index contributed by atoms with van der Waals surface area (Å²) in [5, 5.41) is 7.21. The highest BCUT2D eigenvalue weighted by Crippen LogP contribution is 2.22. The molecule has 0 saturated heterocycles. The molecule has 7 nitrogen and oxygen atoms in total. The lowest BCUT2D eigenvalue weighted by atomic mass is 10.2. The number of carbonyl (C=O) groups excluding carboxylic acids is 2. The third-order valence-corrected chi connectivity index (χ3v) is 3.87. The van der Waals surface area contributed by atoms with Crippen LogP contribution in [0.1, 0.15) is 45.2 Å². The molecular weight excluding hydrogens is 308 g/mol. The first kappa shape index (κ1) is 18.4. The van der Waals surface area contributed by atoms with Crippen LogP contribution < -0.4 is 10.2 Å². The number of aromatic nitrogens is 2. The van der Waals surface area contributed by atoms with Crippen LogP contribution >= 0.6 is 0 Å². The molecule has 0 atom stereocenters. The Morgan fingerprint density at radius 2 is 2.12 bits per heavy atom. The summed E-state index contributed by atoms with van der Waals surface area (Å²) in [5.41, 5.74) is 0.908. The van der Waals surface area contributed by atoms with Gasteiger partial charge < -0.3 is 10.1 Å². The third kappa shape index (κ3) is 5.33. The number of nitrogens with one attached hydrogen (secondary N) is 1. The molecule has 7 heteroatoms. The fourth-order valence-electron chi connectivity index (χ4n) is 2.72. The SMILES string of the molecule is Cc1cc2n(n1)CCCN2C(=O)CCC(=O)NCCCOC(C)C. The number of ether oxygens (including phenoxy) is 1. The summed E-state index contributed by atoms with van der Waals surface area (Å²) in [4.78, 5) is 26.0. The molecule has 134 valence electrons. The fraction of sp³-hybridized carbons (Fsp3) is 0.706. The highest BCUT2D eigenvalue weighted by molar-refractivity contribution is 5.95. The normalized spacial score (nSPS) is 13.9. The second kappa shape index (κ2) is 8.82. The molecule has 0 spiro atoms. The van der Waals surface area contributed by atoms with Gasteiger partial charge in [-0.2, -0.15) is 5.10 Å². The number of rotatable bonds is 8. The third-order valence-electron chi connectivity index (χ3n) is 3.87. The Balaban J connectivity index is 1.71. The van der Waals surface area contributed by atoms with Crippen molar-refractivity contribution in [2.45, 2.75) is 59.1 Å². The van der Waals surface area contributed by atoms with Crippen molar-refractivity contribution in [1.29, 1.82) is 0 Å². The van der Waals surface area contributed by atoms with E-state index < -0.39 is 0 Å². The second-order valence-electron chi connectivity index (χ2n) is 6.39. The van der Waals surface area contributed by atoms with Gasteiger partial charge in [0.25, 0.3) is 0 Å². The van der Waals surface area contributed by atoms with Gasteiger partial charge >= 0.3 is 0 Å². The predicted molar refractivity (Wildman–Crippen MR) is 91.9 cm³/mol. The molecule has 2 amide bonds. The molecule has 1 aromatic heterocycles. The molecule has 2 heterocycles. The van der Waals surface area contributed by atoms with Crippen molar-refractivity contribution < 1.29 is 14.3 Å². The summed E-state index contributed by atoms with van der Waals surface area (Å²) in [6.07, 6.45) is 2.32. The number of carbonyl (C=O) groups is 2. The van der Waals surface area contributed by atoms with Crippen LogP contribution in [0, 0.1) is 6.92 Å². The first-order valence-corrected chi connectivity index (χ1v) is 8.70. The van der Waals surface area contributed by atoms with Crippen LogP contribution in [0.15, 0.2) is 6.07 Å². The predicted octanol–water partition coefficient (Wildman–Crippen LogP) is 1.64. The summed E-state index contributed by atoms with van der Waals surface area (Å²) in [6, 6.07) is 1.92. The Morgan fingerprint density at radius 3 is 2.88 bits per heavy atom. The first-order valence-electron chi connectivity index (χ1n) is 8.70. The van der Waals surface area contributed by atoms with E-state index in [1.165, 1.54) is 0 Å². The number of hydrogen-bond acceptors (Lipinski definition) is 4. The van der Waals surface area contributed by atoms with Gasteiger partial charge in [-0.3, -0.25) is 14.5 Å². The molecule has 1 aliphatic rings. The van der Waals surface area contributed by atoms with Crippen molar-refractivity contribution in [2.75, 3.05) is 24.6 Å². The van der Waals surface area contributed by atoms with Gasteiger partial charge in [-0.1, -0.05) is 0 Å². The Hall–Kier alpha value is -1.89. The van der Waals surface area contributed by atoms with Crippen molar-refractivity contribution in [3.63, 3.8) is 0 Å². The minimum absolute atomic E-state index is 0.0193. The van der Waals surface area contributed by atoms with Crippen molar-refractivity contribution in [1.82, 2.24) is 15.1 Å². The van der Waals surface area contributed by atoms with E-state index in [1.54, 1.807) is 4.90 Å². The Kier molecular flexibility index (Phi) is 6.78. The minimum atomic E-state index is -0.0883. The van der Waals surface area contributed by atoms with Gasteiger partial charge in [-0.15, -0.1) is 0 Å². The van der Waals surface area contributed by atoms with Crippen LogP contribution in [0.2, 0.25) is 0 Å². The van der Waals surface area contributed by atoms with E-state index in [-0.39, 0.29) is 30.8 Å². The summed E-state index contributed by atoms with van der Waals surface area (Å²) in [7, 11) is 0. The summed E-state index contributed by atoms with van der Waals surface area (Å²) >= 11 is 0. The van der Waals surface area contributed by atoms with Gasteiger partial charge in [0, 0.05) is 45.1 Å². The van der Waals surface area contributed by atoms with Crippen molar-refractivity contribution in [2.24, 2.45) is 0 Å². The fourth-order valence-corrected chi connectivity index (χ4v) is 2.72. The Morgan fingerprint density at radius 1 is 1.33 bits per heavy atom. The molecule has 1 N–H and O–H groups in total. The molecular formula is C17H28N4O3. The van der Waals surface area contributed by atoms with Gasteiger partial charge in [0.15, 0.2) is 0 Å². The van der Waals surface area contributed by atoms with E-state index in [2.05, 4.69) is 10.4 Å². The summed E-state index contributed by atoms with van der Waals surface area (Å²) in [5.74, 6) is 0.735. The molecule has 0 fully saturated rings. The van der Waals surface area contributed by atoms with E-state index in [9.17, 15) is 9.59 Å². The maximum absolute atomic E-state index is 12.4. The minimum Gasteiger partial charge on any atom is -0.379 e. The van der Waals surface area contributed by atoms with Gasteiger partial charge in [0.2, 0.25) is 11.8 Å². The monoisotopic (exact) mass is 336 g/mol. The van der Waals surface area contributed by atoms with Crippen molar-refractivity contribution >= 4 is 17.6 Å². The summed E-state index contributed by atoms with van der Waals surface area (Å²) in [6.45, 7) is 8.63. The molecule has 1 aliphatic heterocycles. The molecule has 0 aliphatic carbocycles. The number of nitrogens with zero attached hydrogens (tertiary/aromatic N) is 3. The molecule has 0 bridgehead atoms. The number of hydrogen-bond donors (Lipinski definition) is 1. The zero-order valence-corrected chi connectivity index (χ0v) is 14.9. The molecule has 1 aromatic rings. The maximum atomic E-state index is 12.4. The lowest BCUT2D eigenvalue weighted by Gasteiger charge is -2.27. The summed E-state index contributed by atoms with van der Waals surface area (Å²) < 4.78 is 7.28. The lowest BCUT2D eigenvalue weighted by molar-refractivity contribution is -0.125. The van der Waals surface area contributed by atoms with Gasteiger partial charge in [-0.25, -0.2) is 4.68 Å². The van der Waals surface area contributed by atoms with E-state index in [0.717, 1.165) is 30.9 Å². The van der Waals surface area contributed by atoms with Crippen LogP contribution in [0.5, 0.6) is 0 Å². The van der Waals surface area contributed by atoms with E-state index in [0.29, 0.717) is 19.7 Å². The van der Waals surface area contributed by atoms with Gasteiger partial charge in [0.05, 0.1) is 11.8 Å². The molecule has 24 heavy (non-hydrogen) atoms. The highest BCUT2D eigenvalue weighted by atomic mass is 16.5. The molecule has 2 rings (SSSR count). The zero-order valence-electron chi connectivity index (χ0n) is 14.9. The standard InChI is InChI=1S/C17H28N4O3/c1-13(2)24-11-4-8-18-15(22)6-7-17(23)20-9-5-10-21-16(20)12-14(3)19-21/h12-13H,4-11H2,1-3H3,(H,18,22). The molecule has 0 saturated carbocycles. The largest absolute Gasteiger partial charge is 0.379 e. The van der Waals surface area contributed by atoms with Gasteiger partial charge in [0.1, 0.15) is 5.82 Å². The van der Waals surface area contributed by atoms with E-state index in [4.69, 9.17) is 4.74 Å². The Bertz CT molecular complexity index is 568. The Labute approximate surface area is 143 Å². The van der Waals surface area contributed by atoms with Crippen LogP contribution in [-0.4, -0.2) is 47.4 Å². The van der Waals surface area contributed by atoms with Crippen molar-refractivity contribution in [3.8, 4) is 0 Å². The van der Waals surface area contributed by atoms with Crippen LogP contribution in [0.3, 0.4) is 0 Å². The number of fused-ring (bicyclic) bond motifs is 1. The zero-order chi connectivity index (χ0) is 17.5. The van der Waals surface area contributed by atoms with Crippen LogP contribution in [-0.2, 0) is 20.9 Å². The first-order chi connectivity index (χ1) is 11.5. The number of amides is 2. The number of anilines is 1. The van der Waals surface area contributed by atoms with Crippen LogP contribution in [0.4, 0.5) is 5.82 Å².